The first-order valence-corrected chi connectivity index (χ1v) is 5.54. The van der Waals surface area contributed by atoms with E-state index in [1.807, 2.05) is 0 Å². The van der Waals surface area contributed by atoms with E-state index in [1.165, 1.54) is 0 Å². The number of rotatable bonds is 5. The Bertz CT molecular complexity index is 165. The minimum Gasteiger partial charge on any atom is -0.480 e. The molecule has 0 heterocycles. The highest BCUT2D eigenvalue weighted by Gasteiger charge is 2.13. The molecule has 0 aliphatic heterocycles. The highest BCUT2D eigenvalue weighted by atomic mass is 32.2. The molecule has 0 aliphatic rings. The zero-order valence-corrected chi connectivity index (χ0v) is 9.36. The van der Waals surface area contributed by atoms with Gasteiger partial charge in [0, 0.05) is 5.75 Å². The number of carbonyl (C=O) groups is 1. The zero-order valence-electron chi connectivity index (χ0n) is 8.54. The Kier molecular flexibility index (Phi) is 5.40. The molecule has 0 saturated heterocycles. The minimum absolute atomic E-state index is 0.320. The molecule has 0 aromatic rings. The number of aliphatic carboxylic acids is 1. The SMILES string of the molecule is CC(C)(C)CCSC[C@@H](N)C(=O)O. The second kappa shape index (κ2) is 5.50. The summed E-state index contributed by atoms with van der Waals surface area (Å²) >= 11 is 1.61. The molecule has 0 unspecified atom stereocenters. The average molecular weight is 205 g/mol. The van der Waals surface area contributed by atoms with Crippen molar-refractivity contribution in [2.45, 2.75) is 33.2 Å². The van der Waals surface area contributed by atoms with Gasteiger partial charge in [0.2, 0.25) is 0 Å². The van der Waals surface area contributed by atoms with Crippen molar-refractivity contribution in [2.75, 3.05) is 11.5 Å². The summed E-state index contributed by atoms with van der Waals surface area (Å²) in [5, 5.41) is 8.50. The summed E-state index contributed by atoms with van der Waals surface area (Å²) in [5.74, 6) is 0.568. The maximum Gasteiger partial charge on any atom is 0.321 e. The second-order valence-electron chi connectivity index (χ2n) is 4.33. The van der Waals surface area contributed by atoms with Crippen molar-refractivity contribution in [3.8, 4) is 0 Å². The summed E-state index contributed by atoms with van der Waals surface area (Å²) in [6.07, 6.45) is 1.09. The van der Waals surface area contributed by atoms with Gasteiger partial charge in [-0.2, -0.15) is 11.8 Å². The molecular weight excluding hydrogens is 186 g/mol. The molecule has 0 spiro atoms. The van der Waals surface area contributed by atoms with Crippen molar-refractivity contribution in [3.05, 3.63) is 0 Å². The van der Waals surface area contributed by atoms with E-state index in [4.69, 9.17) is 10.8 Å². The molecule has 13 heavy (non-hydrogen) atoms. The Hall–Kier alpha value is -0.220. The van der Waals surface area contributed by atoms with E-state index in [2.05, 4.69) is 20.8 Å². The lowest BCUT2D eigenvalue weighted by Gasteiger charge is -2.17. The van der Waals surface area contributed by atoms with Gasteiger partial charge in [0.15, 0.2) is 0 Å². The second-order valence-corrected chi connectivity index (χ2v) is 5.48. The molecule has 0 saturated carbocycles. The van der Waals surface area contributed by atoms with Crippen LogP contribution in [-0.2, 0) is 4.79 Å². The maximum absolute atomic E-state index is 10.4. The first kappa shape index (κ1) is 12.8. The first-order valence-electron chi connectivity index (χ1n) is 4.39. The Morgan fingerprint density at radius 1 is 1.54 bits per heavy atom. The maximum atomic E-state index is 10.4. The van der Waals surface area contributed by atoms with Crippen molar-refractivity contribution >= 4 is 17.7 Å². The van der Waals surface area contributed by atoms with E-state index in [1.54, 1.807) is 11.8 Å². The molecule has 4 heteroatoms. The predicted molar refractivity (Wildman–Crippen MR) is 57.0 cm³/mol. The standard InChI is InChI=1S/C9H19NO2S/c1-9(2,3)4-5-13-6-7(10)8(11)12/h7H,4-6,10H2,1-3H3,(H,11,12)/t7-/m1/s1. The van der Waals surface area contributed by atoms with E-state index < -0.39 is 12.0 Å². The Morgan fingerprint density at radius 3 is 2.46 bits per heavy atom. The van der Waals surface area contributed by atoms with Crippen molar-refractivity contribution in [2.24, 2.45) is 11.1 Å². The van der Waals surface area contributed by atoms with Gasteiger partial charge >= 0.3 is 5.97 Å². The smallest absolute Gasteiger partial charge is 0.321 e. The number of nitrogens with two attached hydrogens (primary N) is 1. The lowest BCUT2D eigenvalue weighted by Crippen LogP contribution is -2.32. The van der Waals surface area contributed by atoms with Crippen LogP contribution in [0.2, 0.25) is 0 Å². The number of thioether (sulfide) groups is 1. The average Bonchev–Trinajstić information content (AvgIpc) is 1.95. The summed E-state index contributed by atoms with van der Waals surface area (Å²) in [6.45, 7) is 6.51. The molecular formula is C9H19NO2S. The van der Waals surface area contributed by atoms with Gasteiger partial charge in [-0.25, -0.2) is 0 Å². The Morgan fingerprint density at radius 2 is 2.08 bits per heavy atom. The number of hydrogen-bond acceptors (Lipinski definition) is 3. The minimum atomic E-state index is -0.914. The fourth-order valence-corrected chi connectivity index (χ4v) is 1.98. The molecule has 0 radical (unpaired) electrons. The summed E-state index contributed by atoms with van der Waals surface area (Å²) in [5.41, 5.74) is 5.67. The summed E-state index contributed by atoms with van der Waals surface area (Å²) in [6, 6.07) is -0.718. The Labute approximate surface area is 84.1 Å². The quantitative estimate of drug-likeness (QED) is 0.669. The van der Waals surface area contributed by atoms with E-state index in [0.717, 1.165) is 12.2 Å². The summed E-state index contributed by atoms with van der Waals surface area (Å²) in [7, 11) is 0. The van der Waals surface area contributed by atoms with E-state index in [9.17, 15) is 4.79 Å². The normalized spacial score (nSPS) is 14.2. The number of hydrogen-bond donors (Lipinski definition) is 2. The van der Waals surface area contributed by atoms with Crippen molar-refractivity contribution in [1.29, 1.82) is 0 Å². The largest absolute Gasteiger partial charge is 0.480 e. The van der Waals surface area contributed by atoms with Crippen LogP contribution in [0.15, 0.2) is 0 Å². The van der Waals surface area contributed by atoms with Gasteiger partial charge in [-0.1, -0.05) is 20.8 Å². The molecule has 0 bridgehead atoms. The molecule has 0 fully saturated rings. The fourth-order valence-electron chi connectivity index (χ4n) is 0.660. The van der Waals surface area contributed by atoms with Crippen LogP contribution >= 0.6 is 11.8 Å². The molecule has 0 aliphatic carbocycles. The molecule has 78 valence electrons. The van der Waals surface area contributed by atoms with Crippen LogP contribution in [0.25, 0.3) is 0 Å². The van der Waals surface area contributed by atoms with Crippen LogP contribution in [0.5, 0.6) is 0 Å². The van der Waals surface area contributed by atoms with E-state index in [-0.39, 0.29) is 0 Å². The lowest BCUT2D eigenvalue weighted by molar-refractivity contribution is -0.137. The third kappa shape index (κ3) is 8.12. The van der Waals surface area contributed by atoms with Gasteiger partial charge in [0.25, 0.3) is 0 Å². The monoisotopic (exact) mass is 205 g/mol. The van der Waals surface area contributed by atoms with Gasteiger partial charge in [-0.15, -0.1) is 0 Å². The van der Waals surface area contributed by atoms with Crippen LogP contribution in [0.3, 0.4) is 0 Å². The van der Waals surface area contributed by atoms with Gasteiger partial charge in [-0.3, -0.25) is 4.79 Å². The van der Waals surface area contributed by atoms with Crippen molar-refractivity contribution in [3.63, 3.8) is 0 Å². The molecule has 0 rings (SSSR count). The fraction of sp³-hybridized carbons (Fsp3) is 0.889. The number of carboxylic acids is 1. The lowest BCUT2D eigenvalue weighted by atomic mass is 9.94. The van der Waals surface area contributed by atoms with Crippen LogP contribution in [0.1, 0.15) is 27.2 Å². The molecule has 3 nitrogen and oxygen atoms in total. The molecule has 3 N–H and O–H groups in total. The van der Waals surface area contributed by atoms with Crippen molar-refractivity contribution in [1.82, 2.24) is 0 Å². The van der Waals surface area contributed by atoms with Crippen molar-refractivity contribution < 1.29 is 9.90 Å². The van der Waals surface area contributed by atoms with Crippen LogP contribution in [0.4, 0.5) is 0 Å². The van der Waals surface area contributed by atoms with Gasteiger partial charge in [-0.05, 0) is 17.6 Å². The molecule has 0 aromatic heterocycles. The highest BCUT2D eigenvalue weighted by molar-refractivity contribution is 7.99. The summed E-state index contributed by atoms with van der Waals surface area (Å²) in [4.78, 5) is 10.4. The predicted octanol–water partition coefficient (Wildman–Crippen LogP) is 1.57. The highest BCUT2D eigenvalue weighted by Crippen LogP contribution is 2.21. The molecule has 0 aromatic carbocycles. The number of carboxylic acid groups (broad SMARTS) is 1. The topological polar surface area (TPSA) is 63.3 Å². The Balaban J connectivity index is 3.41. The van der Waals surface area contributed by atoms with Crippen LogP contribution in [-0.4, -0.2) is 28.6 Å². The zero-order chi connectivity index (χ0) is 10.5. The van der Waals surface area contributed by atoms with Gasteiger partial charge in [0.05, 0.1) is 0 Å². The van der Waals surface area contributed by atoms with Gasteiger partial charge in [0.1, 0.15) is 6.04 Å². The first-order chi connectivity index (χ1) is 5.83. The third-order valence-corrected chi connectivity index (χ3v) is 2.70. The summed E-state index contributed by atoms with van der Waals surface area (Å²) < 4.78 is 0. The van der Waals surface area contributed by atoms with Gasteiger partial charge < -0.3 is 10.8 Å². The van der Waals surface area contributed by atoms with E-state index >= 15 is 0 Å². The van der Waals surface area contributed by atoms with Crippen LogP contribution < -0.4 is 5.73 Å². The molecule has 0 amide bonds. The van der Waals surface area contributed by atoms with Crippen LogP contribution in [0, 0.1) is 5.41 Å². The third-order valence-electron chi connectivity index (χ3n) is 1.61. The molecule has 1 atom stereocenters. The van der Waals surface area contributed by atoms with E-state index in [0.29, 0.717) is 11.2 Å².